The van der Waals surface area contributed by atoms with E-state index in [9.17, 15) is 5.11 Å². The van der Waals surface area contributed by atoms with Gasteiger partial charge in [0.05, 0.1) is 17.2 Å². The van der Waals surface area contributed by atoms with E-state index in [1.165, 1.54) is 6.42 Å². The van der Waals surface area contributed by atoms with E-state index in [0.717, 1.165) is 48.5 Å². The molecule has 148 valence electrons. The van der Waals surface area contributed by atoms with Crippen LogP contribution in [0.15, 0.2) is 24.3 Å². The summed E-state index contributed by atoms with van der Waals surface area (Å²) in [5.74, 6) is 2.29. The Bertz CT molecular complexity index is 1000. The zero-order valence-electron chi connectivity index (χ0n) is 16.6. The molecule has 0 atom stereocenters. The van der Waals surface area contributed by atoms with Crippen molar-refractivity contribution in [3.8, 4) is 11.4 Å². The number of piperidine rings is 1. The molecule has 1 saturated heterocycles. The predicted octanol–water partition coefficient (Wildman–Crippen LogP) is 4.22. The minimum atomic E-state index is -0.923. The van der Waals surface area contributed by atoms with E-state index < -0.39 is 5.60 Å². The normalized spacial score (nSPS) is 15.4. The highest BCUT2D eigenvalue weighted by Gasteiger charge is 2.26. The SMILES string of the molecule is Cc1nc(N2CCCCC2)c2nc(-c3ccccc3Cl)n(CC(C)(C)O)c2n1. The molecule has 0 bridgehead atoms. The smallest absolute Gasteiger partial charge is 0.166 e. The third-order valence-corrected chi connectivity index (χ3v) is 5.33. The van der Waals surface area contributed by atoms with Crippen molar-refractivity contribution in [2.24, 2.45) is 0 Å². The Kier molecular flexibility index (Phi) is 5.02. The summed E-state index contributed by atoms with van der Waals surface area (Å²) in [7, 11) is 0. The molecule has 1 aliphatic rings. The van der Waals surface area contributed by atoms with Crippen LogP contribution in [0.4, 0.5) is 5.82 Å². The number of hydrogen-bond donors (Lipinski definition) is 1. The average Bonchev–Trinajstić information content (AvgIpc) is 2.99. The van der Waals surface area contributed by atoms with Crippen LogP contribution in [0.2, 0.25) is 5.02 Å². The number of anilines is 1. The first-order valence-corrected chi connectivity index (χ1v) is 10.2. The topological polar surface area (TPSA) is 67.1 Å². The molecule has 6 nitrogen and oxygen atoms in total. The van der Waals surface area contributed by atoms with Crippen LogP contribution in [0.1, 0.15) is 38.9 Å². The fraction of sp³-hybridized carbons (Fsp3) is 0.476. The van der Waals surface area contributed by atoms with E-state index in [1.54, 1.807) is 13.8 Å². The average molecular weight is 400 g/mol. The van der Waals surface area contributed by atoms with E-state index >= 15 is 0 Å². The number of nitrogens with zero attached hydrogens (tertiary/aromatic N) is 5. The number of halogens is 1. The van der Waals surface area contributed by atoms with E-state index in [4.69, 9.17) is 26.6 Å². The molecule has 1 fully saturated rings. The molecular formula is C21H26ClN5O. The molecule has 1 aromatic carbocycles. The van der Waals surface area contributed by atoms with Gasteiger partial charge in [-0.05, 0) is 52.2 Å². The first-order chi connectivity index (χ1) is 13.3. The maximum Gasteiger partial charge on any atom is 0.166 e. The first kappa shape index (κ1) is 19.2. The van der Waals surface area contributed by atoms with Crippen LogP contribution >= 0.6 is 11.6 Å². The number of aryl methyl sites for hydroxylation is 1. The zero-order valence-corrected chi connectivity index (χ0v) is 17.4. The number of rotatable bonds is 4. The van der Waals surface area contributed by atoms with Crippen LogP contribution in [-0.2, 0) is 6.54 Å². The number of aromatic nitrogens is 4. The highest BCUT2D eigenvalue weighted by atomic mass is 35.5. The predicted molar refractivity (Wildman–Crippen MR) is 113 cm³/mol. The summed E-state index contributed by atoms with van der Waals surface area (Å²) in [6, 6.07) is 7.65. The van der Waals surface area contributed by atoms with Gasteiger partial charge in [0.1, 0.15) is 11.6 Å². The van der Waals surface area contributed by atoms with E-state index in [2.05, 4.69) is 4.90 Å². The maximum absolute atomic E-state index is 10.5. The molecule has 28 heavy (non-hydrogen) atoms. The number of fused-ring (bicyclic) bond motifs is 1. The number of hydrogen-bond acceptors (Lipinski definition) is 5. The second-order valence-corrected chi connectivity index (χ2v) is 8.54. The molecule has 1 aliphatic heterocycles. The van der Waals surface area contributed by atoms with Gasteiger partial charge in [-0.15, -0.1) is 0 Å². The van der Waals surface area contributed by atoms with Gasteiger partial charge in [-0.3, -0.25) is 0 Å². The summed E-state index contributed by atoms with van der Waals surface area (Å²) in [5, 5.41) is 11.2. The molecule has 2 aromatic heterocycles. The Hall–Kier alpha value is -2.18. The van der Waals surface area contributed by atoms with Gasteiger partial charge in [0.2, 0.25) is 0 Å². The van der Waals surface area contributed by atoms with Gasteiger partial charge >= 0.3 is 0 Å². The lowest BCUT2D eigenvalue weighted by atomic mass is 10.1. The second-order valence-electron chi connectivity index (χ2n) is 8.13. The highest BCUT2D eigenvalue weighted by molar-refractivity contribution is 6.33. The molecule has 7 heteroatoms. The van der Waals surface area contributed by atoms with Gasteiger partial charge in [0.15, 0.2) is 17.0 Å². The van der Waals surface area contributed by atoms with Crippen molar-refractivity contribution in [2.75, 3.05) is 18.0 Å². The third-order valence-electron chi connectivity index (χ3n) is 5.00. The van der Waals surface area contributed by atoms with Crippen molar-refractivity contribution in [3.05, 3.63) is 35.1 Å². The zero-order chi connectivity index (χ0) is 19.9. The standard InChI is InChI=1S/C21H26ClN5O/c1-14-23-19(26-11-7-4-8-12-26)17-20(24-14)27(13-21(2,3)28)18(25-17)15-9-5-6-10-16(15)22/h5-6,9-10,28H,4,7-8,11-13H2,1-3H3. The van der Waals surface area contributed by atoms with Gasteiger partial charge in [-0.2, -0.15) is 0 Å². The fourth-order valence-electron chi connectivity index (χ4n) is 3.80. The van der Waals surface area contributed by atoms with E-state index in [-0.39, 0.29) is 0 Å². The lowest BCUT2D eigenvalue weighted by Gasteiger charge is -2.28. The summed E-state index contributed by atoms with van der Waals surface area (Å²) in [5.41, 5.74) is 1.42. The van der Waals surface area contributed by atoms with E-state index in [1.807, 2.05) is 35.8 Å². The molecule has 0 saturated carbocycles. The van der Waals surface area contributed by atoms with Crippen molar-refractivity contribution >= 4 is 28.6 Å². The molecular weight excluding hydrogens is 374 g/mol. The van der Waals surface area contributed by atoms with Crippen LogP contribution < -0.4 is 4.90 Å². The minimum absolute atomic E-state index is 0.361. The summed E-state index contributed by atoms with van der Waals surface area (Å²) >= 11 is 6.49. The Balaban J connectivity index is 1.97. The lowest BCUT2D eigenvalue weighted by Crippen LogP contribution is -2.30. The molecule has 0 radical (unpaired) electrons. The largest absolute Gasteiger partial charge is 0.389 e. The van der Waals surface area contributed by atoms with Gasteiger partial charge < -0.3 is 14.6 Å². The molecule has 3 aromatic rings. The fourth-order valence-corrected chi connectivity index (χ4v) is 4.02. The van der Waals surface area contributed by atoms with Crippen LogP contribution in [0.3, 0.4) is 0 Å². The van der Waals surface area contributed by atoms with Gasteiger partial charge in [-0.25, -0.2) is 15.0 Å². The Morgan fingerprint density at radius 2 is 1.79 bits per heavy atom. The lowest BCUT2D eigenvalue weighted by molar-refractivity contribution is 0.0629. The van der Waals surface area contributed by atoms with Gasteiger partial charge in [0, 0.05) is 18.7 Å². The summed E-state index contributed by atoms with van der Waals surface area (Å²) in [6.45, 7) is 7.80. The monoisotopic (exact) mass is 399 g/mol. The first-order valence-electron chi connectivity index (χ1n) is 9.80. The van der Waals surface area contributed by atoms with E-state index in [0.29, 0.717) is 23.2 Å². The molecule has 0 aliphatic carbocycles. The molecule has 0 amide bonds. The Morgan fingerprint density at radius 1 is 1.07 bits per heavy atom. The van der Waals surface area contributed by atoms with Crippen LogP contribution in [0, 0.1) is 6.92 Å². The maximum atomic E-state index is 10.5. The van der Waals surface area contributed by atoms with Crippen molar-refractivity contribution in [1.82, 2.24) is 19.5 Å². The summed E-state index contributed by atoms with van der Waals surface area (Å²) in [4.78, 5) is 16.7. The highest BCUT2D eigenvalue weighted by Crippen LogP contribution is 2.34. The van der Waals surface area contributed by atoms with Crippen LogP contribution in [-0.4, -0.2) is 43.3 Å². The quantitative estimate of drug-likeness (QED) is 0.711. The third kappa shape index (κ3) is 3.71. The second kappa shape index (κ2) is 7.33. The Morgan fingerprint density at radius 3 is 2.46 bits per heavy atom. The summed E-state index contributed by atoms with van der Waals surface area (Å²) < 4.78 is 1.97. The van der Waals surface area contributed by atoms with Crippen LogP contribution in [0.25, 0.3) is 22.6 Å². The summed E-state index contributed by atoms with van der Waals surface area (Å²) in [6.07, 6.45) is 3.57. The van der Waals surface area contributed by atoms with Crippen LogP contribution in [0.5, 0.6) is 0 Å². The minimum Gasteiger partial charge on any atom is -0.389 e. The number of aliphatic hydroxyl groups is 1. The Labute approximate surface area is 170 Å². The van der Waals surface area contributed by atoms with Gasteiger partial charge in [0.25, 0.3) is 0 Å². The molecule has 0 spiro atoms. The molecule has 3 heterocycles. The number of benzene rings is 1. The number of imidazole rings is 1. The van der Waals surface area contributed by atoms with Crippen molar-refractivity contribution in [1.29, 1.82) is 0 Å². The van der Waals surface area contributed by atoms with Crippen molar-refractivity contribution in [2.45, 2.75) is 52.2 Å². The van der Waals surface area contributed by atoms with Gasteiger partial charge in [-0.1, -0.05) is 23.7 Å². The molecule has 0 unspecified atom stereocenters. The van der Waals surface area contributed by atoms with Crippen molar-refractivity contribution < 1.29 is 5.11 Å². The molecule has 4 rings (SSSR count). The molecule has 1 N–H and O–H groups in total. The van der Waals surface area contributed by atoms with Crippen molar-refractivity contribution in [3.63, 3.8) is 0 Å².